The zero-order chi connectivity index (χ0) is 25.2. The standard InChI is InChI=1S/C22H32N4O7/c1-22(2,3)33-21(32)25-15(9-11-17(23)27)20(31)26(13-14-7-5-4-6-8-14)16(19(24)30)10-12-18(28)29/h4-8,15-16H,9-13H2,1-3H3,(H2,23,27)(H2,24,30)(H,25,32)(H,28,29)/t15-,16+/m0/s1. The Hall–Kier alpha value is -3.63. The topological polar surface area (TPSA) is 182 Å². The average Bonchev–Trinajstić information content (AvgIpc) is 2.68. The van der Waals surface area contributed by atoms with Crippen molar-refractivity contribution in [3.05, 3.63) is 35.9 Å². The Labute approximate surface area is 192 Å². The molecule has 6 N–H and O–H groups in total. The molecule has 0 unspecified atom stereocenters. The summed E-state index contributed by atoms with van der Waals surface area (Å²) >= 11 is 0. The summed E-state index contributed by atoms with van der Waals surface area (Å²) in [5.41, 5.74) is 10.5. The largest absolute Gasteiger partial charge is 0.481 e. The van der Waals surface area contributed by atoms with Crippen LogP contribution < -0.4 is 16.8 Å². The van der Waals surface area contributed by atoms with Crippen LogP contribution in [0.1, 0.15) is 52.0 Å². The number of carboxylic acids is 1. The van der Waals surface area contributed by atoms with Crippen molar-refractivity contribution in [3.63, 3.8) is 0 Å². The number of amides is 4. The van der Waals surface area contributed by atoms with E-state index in [-0.39, 0.29) is 25.8 Å². The molecule has 0 saturated heterocycles. The van der Waals surface area contributed by atoms with Gasteiger partial charge in [0.1, 0.15) is 17.7 Å². The molecule has 0 aliphatic rings. The summed E-state index contributed by atoms with van der Waals surface area (Å²) < 4.78 is 5.20. The Morgan fingerprint density at radius 3 is 2.12 bits per heavy atom. The highest BCUT2D eigenvalue weighted by Gasteiger charge is 2.34. The number of carboxylic acid groups (broad SMARTS) is 1. The molecular weight excluding hydrogens is 432 g/mol. The van der Waals surface area contributed by atoms with Gasteiger partial charge in [-0.15, -0.1) is 0 Å². The molecule has 33 heavy (non-hydrogen) atoms. The lowest BCUT2D eigenvalue weighted by molar-refractivity contribution is -0.144. The van der Waals surface area contributed by atoms with Gasteiger partial charge in [0.2, 0.25) is 17.7 Å². The summed E-state index contributed by atoms with van der Waals surface area (Å²) in [4.78, 5) is 61.6. The van der Waals surface area contributed by atoms with Crippen LogP contribution in [0.3, 0.4) is 0 Å². The van der Waals surface area contributed by atoms with E-state index in [0.29, 0.717) is 5.56 Å². The molecular formula is C22H32N4O7. The van der Waals surface area contributed by atoms with Crippen molar-refractivity contribution in [2.24, 2.45) is 11.5 Å². The third-order valence-corrected chi connectivity index (χ3v) is 4.48. The van der Waals surface area contributed by atoms with Gasteiger partial charge in [0.25, 0.3) is 0 Å². The van der Waals surface area contributed by atoms with E-state index < -0.39 is 53.9 Å². The molecule has 0 saturated carbocycles. The van der Waals surface area contributed by atoms with Gasteiger partial charge >= 0.3 is 12.1 Å². The molecule has 0 aromatic heterocycles. The molecule has 0 aliphatic heterocycles. The van der Waals surface area contributed by atoms with Crippen LogP contribution in [0.4, 0.5) is 4.79 Å². The van der Waals surface area contributed by atoms with Gasteiger partial charge in [0.05, 0.1) is 0 Å². The average molecular weight is 465 g/mol. The molecule has 0 radical (unpaired) electrons. The van der Waals surface area contributed by atoms with Gasteiger partial charge in [-0.2, -0.15) is 0 Å². The van der Waals surface area contributed by atoms with E-state index in [1.165, 1.54) is 0 Å². The third kappa shape index (κ3) is 10.5. The number of rotatable bonds is 12. The minimum atomic E-state index is -1.26. The fourth-order valence-corrected chi connectivity index (χ4v) is 3.03. The first-order valence-electron chi connectivity index (χ1n) is 10.4. The number of benzene rings is 1. The van der Waals surface area contributed by atoms with Crippen LogP contribution in [-0.4, -0.2) is 57.5 Å². The monoisotopic (exact) mass is 464 g/mol. The lowest BCUT2D eigenvalue weighted by Gasteiger charge is -2.33. The summed E-state index contributed by atoms with van der Waals surface area (Å²) in [6, 6.07) is 6.15. The van der Waals surface area contributed by atoms with E-state index in [9.17, 15) is 24.0 Å². The van der Waals surface area contributed by atoms with Gasteiger partial charge in [-0.3, -0.25) is 19.2 Å². The van der Waals surface area contributed by atoms with Crippen molar-refractivity contribution < 1.29 is 33.8 Å². The summed E-state index contributed by atoms with van der Waals surface area (Å²) in [5, 5.41) is 11.5. The van der Waals surface area contributed by atoms with Crippen LogP contribution in [0, 0.1) is 0 Å². The molecule has 4 amide bonds. The molecule has 0 aliphatic carbocycles. The molecule has 0 fully saturated rings. The number of nitrogens with zero attached hydrogens (tertiary/aromatic N) is 1. The van der Waals surface area contributed by atoms with E-state index in [4.69, 9.17) is 21.3 Å². The van der Waals surface area contributed by atoms with Crippen LogP contribution in [0.15, 0.2) is 30.3 Å². The normalized spacial score (nSPS) is 12.8. The second-order valence-electron chi connectivity index (χ2n) is 8.51. The number of carbonyl (C=O) groups is 5. The number of aliphatic carboxylic acids is 1. The van der Waals surface area contributed by atoms with Gasteiger partial charge in [-0.25, -0.2) is 4.79 Å². The molecule has 11 nitrogen and oxygen atoms in total. The van der Waals surface area contributed by atoms with Crippen molar-refractivity contribution in [1.29, 1.82) is 0 Å². The van der Waals surface area contributed by atoms with Gasteiger partial charge in [-0.05, 0) is 39.2 Å². The smallest absolute Gasteiger partial charge is 0.408 e. The predicted molar refractivity (Wildman–Crippen MR) is 118 cm³/mol. The van der Waals surface area contributed by atoms with Crippen LogP contribution in [0.2, 0.25) is 0 Å². The number of nitrogens with two attached hydrogens (primary N) is 2. The van der Waals surface area contributed by atoms with E-state index in [0.717, 1.165) is 4.90 Å². The maximum absolute atomic E-state index is 13.5. The molecule has 1 aromatic rings. The molecule has 1 aromatic carbocycles. The quantitative estimate of drug-likeness (QED) is 0.354. The van der Waals surface area contributed by atoms with Gasteiger partial charge in [0, 0.05) is 19.4 Å². The highest BCUT2D eigenvalue weighted by Crippen LogP contribution is 2.17. The number of hydrogen-bond acceptors (Lipinski definition) is 6. The SMILES string of the molecule is CC(C)(C)OC(=O)N[C@@H](CCC(N)=O)C(=O)N(Cc1ccccc1)[C@H](CCC(=O)O)C(N)=O. The fraction of sp³-hybridized carbons (Fsp3) is 0.500. The minimum absolute atomic E-state index is 0.0734. The number of ether oxygens (including phenoxy) is 1. The molecule has 11 heteroatoms. The van der Waals surface area contributed by atoms with Crippen LogP contribution in [-0.2, 0) is 30.5 Å². The van der Waals surface area contributed by atoms with Crippen LogP contribution in [0.5, 0.6) is 0 Å². The summed E-state index contributed by atoms with van der Waals surface area (Å²) in [6.45, 7) is 4.85. The maximum atomic E-state index is 13.5. The van der Waals surface area contributed by atoms with Crippen LogP contribution >= 0.6 is 0 Å². The van der Waals surface area contributed by atoms with Crippen molar-refractivity contribution >= 4 is 29.8 Å². The number of nitrogens with one attached hydrogen (secondary N) is 1. The van der Waals surface area contributed by atoms with Crippen molar-refractivity contribution in [2.45, 2.75) is 70.7 Å². The zero-order valence-electron chi connectivity index (χ0n) is 19.1. The van der Waals surface area contributed by atoms with Gasteiger partial charge in [-0.1, -0.05) is 30.3 Å². The Bertz CT molecular complexity index is 852. The lowest BCUT2D eigenvalue weighted by atomic mass is 10.0. The second kappa shape index (κ2) is 12.4. The van der Waals surface area contributed by atoms with Crippen molar-refractivity contribution in [2.75, 3.05) is 0 Å². The molecule has 2 atom stereocenters. The third-order valence-electron chi connectivity index (χ3n) is 4.48. The number of hydrogen-bond donors (Lipinski definition) is 4. The lowest BCUT2D eigenvalue weighted by Crippen LogP contribution is -2.55. The zero-order valence-corrected chi connectivity index (χ0v) is 19.1. The first-order chi connectivity index (χ1) is 15.3. The Morgan fingerprint density at radius 1 is 1.03 bits per heavy atom. The van der Waals surface area contributed by atoms with Crippen molar-refractivity contribution in [3.8, 4) is 0 Å². The summed E-state index contributed by atoms with van der Waals surface area (Å²) in [6.07, 6.45) is -1.90. The summed E-state index contributed by atoms with van der Waals surface area (Å²) in [5.74, 6) is -3.47. The van der Waals surface area contributed by atoms with Gasteiger partial charge in [0.15, 0.2) is 0 Å². The van der Waals surface area contributed by atoms with E-state index in [1.54, 1.807) is 51.1 Å². The maximum Gasteiger partial charge on any atom is 0.408 e. The molecule has 1 rings (SSSR count). The highest BCUT2D eigenvalue weighted by molar-refractivity contribution is 5.91. The Balaban J connectivity index is 3.29. The Morgan fingerprint density at radius 2 is 1.64 bits per heavy atom. The van der Waals surface area contributed by atoms with E-state index in [2.05, 4.69) is 5.32 Å². The van der Waals surface area contributed by atoms with Gasteiger partial charge < -0.3 is 31.5 Å². The van der Waals surface area contributed by atoms with Crippen LogP contribution in [0.25, 0.3) is 0 Å². The molecule has 0 spiro atoms. The molecule has 0 bridgehead atoms. The van der Waals surface area contributed by atoms with Crippen molar-refractivity contribution in [1.82, 2.24) is 10.2 Å². The fourth-order valence-electron chi connectivity index (χ4n) is 3.03. The summed E-state index contributed by atoms with van der Waals surface area (Å²) in [7, 11) is 0. The number of alkyl carbamates (subject to hydrolysis) is 1. The number of primary amides is 2. The molecule has 0 heterocycles. The Kier molecular flexibility index (Phi) is 10.3. The second-order valence-corrected chi connectivity index (χ2v) is 8.51. The van der Waals surface area contributed by atoms with E-state index >= 15 is 0 Å². The first-order valence-corrected chi connectivity index (χ1v) is 10.4. The number of carbonyl (C=O) groups excluding carboxylic acids is 4. The highest BCUT2D eigenvalue weighted by atomic mass is 16.6. The first kappa shape index (κ1) is 27.4. The molecule has 182 valence electrons. The van der Waals surface area contributed by atoms with E-state index in [1.807, 2.05) is 0 Å². The predicted octanol–water partition coefficient (Wildman–Crippen LogP) is 0.893. The minimum Gasteiger partial charge on any atom is -0.481 e.